The van der Waals surface area contributed by atoms with Crippen molar-refractivity contribution in [1.82, 2.24) is 0 Å². The topological polar surface area (TPSA) is 30.2 Å². The van der Waals surface area contributed by atoms with E-state index in [4.69, 9.17) is 4.42 Å². The fourth-order valence-corrected chi connectivity index (χ4v) is 1.79. The zero-order valence-electron chi connectivity index (χ0n) is 6.43. The van der Waals surface area contributed by atoms with Crippen LogP contribution in [0.25, 0.3) is 0 Å². The van der Waals surface area contributed by atoms with Gasteiger partial charge in [0.05, 0.1) is 5.56 Å². The molecule has 0 aliphatic heterocycles. The minimum Gasteiger partial charge on any atom is -0.457 e. The number of furan rings is 1. The molecule has 0 fully saturated rings. The van der Waals surface area contributed by atoms with E-state index in [9.17, 15) is 4.79 Å². The summed E-state index contributed by atoms with van der Waals surface area (Å²) in [6.07, 6.45) is 2.27. The number of carbonyl (C=O) groups is 1. The zero-order chi connectivity index (χ0) is 8.43. The molecule has 2 nitrogen and oxygen atoms in total. The first-order chi connectivity index (χ1) is 5.16. The van der Waals surface area contributed by atoms with Gasteiger partial charge in [0.15, 0.2) is 11.0 Å². The smallest absolute Gasteiger partial charge is 0.173 e. The summed E-state index contributed by atoms with van der Waals surface area (Å²) in [4.78, 5) is 10.5. The van der Waals surface area contributed by atoms with Crippen molar-refractivity contribution in [2.45, 2.75) is 19.8 Å². The van der Waals surface area contributed by atoms with Crippen molar-refractivity contribution < 1.29 is 9.21 Å². The maximum atomic E-state index is 10.5. The quantitative estimate of drug-likeness (QED) is 0.712. The summed E-state index contributed by atoms with van der Waals surface area (Å²) in [5.41, 5.74) is 1.58. The van der Waals surface area contributed by atoms with Crippen LogP contribution in [-0.2, 0) is 0 Å². The Balaban J connectivity index is 3.17. The lowest BCUT2D eigenvalue weighted by Crippen LogP contribution is -1.90. The Morgan fingerprint density at radius 1 is 1.64 bits per heavy atom. The van der Waals surface area contributed by atoms with Crippen LogP contribution in [0.5, 0.6) is 0 Å². The van der Waals surface area contributed by atoms with E-state index in [0.717, 1.165) is 11.8 Å². The fraction of sp³-hybridized carbons (Fsp3) is 0.375. The summed E-state index contributed by atoms with van der Waals surface area (Å²) in [6.45, 7) is 4.03. The molecule has 60 valence electrons. The first kappa shape index (κ1) is 8.53. The molecule has 11 heavy (non-hydrogen) atoms. The van der Waals surface area contributed by atoms with Crippen LogP contribution in [0.15, 0.2) is 15.3 Å². The van der Waals surface area contributed by atoms with Crippen molar-refractivity contribution in [3.8, 4) is 0 Å². The summed E-state index contributed by atoms with van der Waals surface area (Å²) in [5.74, 6) is 0.309. The third kappa shape index (κ3) is 1.53. The highest BCUT2D eigenvalue weighted by molar-refractivity contribution is 9.10. The first-order valence-electron chi connectivity index (χ1n) is 3.39. The van der Waals surface area contributed by atoms with Crippen LogP contribution in [0.4, 0.5) is 0 Å². The van der Waals surface area contributed by atoms with Gasteiger partial charge in [0, 0.05) is 5.56 Å². The van der Waals surface area contributed by atoms with Gasteiger partial charge in [-0.15, -0.1) is 0 Å². The number of hydrogen-bond acceptors (Lipinski definition) is 2. The molecule has 0 radical (unpaired) electrons. The summed E-state index contributed by atoms with van der Waals surface area (Å²) >= 11 is 3.23. The van der Waals surface area contributed by atoms with Crippen molar-refractivity contribution >= 4 is 22.2 Å². The van der Waals surface area contributed by atoms with E-state index in [-0.39, 0.29) is 0 Å². The summed E-state index contributed by atoms with van der Waals surface area (Å²) in [7, 11) is 0. The average Bonchev–Trinajstić information content (AvgIpc) is 2.30. The van der Waals surface area contributed by atoms with Gasteiger partial charge in [-0.3, -0.25) is 4.79 Å². The summed E-state index contributed by atoms with van der Waals surface area (Å²) in [5, 5.41) is 0. The van der Waals surface area contributed by atoms with Crippen LogP contribution < -0.4 is 0 Å². The van der Waals surface area contributed by atoms with E-state index < -0.39 is 0 Å². The van der Waals surface area contributed by atoms with Gasteiger partial charge in [0.2, 0.25) is 0 Å². The molecule has 0 amide bonds. The molecule has 0 aliphatic rings. The van der Waals surface area contributed by atoms with Crippen molar-refractivity contribution in [2.24, 2.45) is 0 Å². The molecule has 0 spiro atoms. The molecular formula is C8H9BrO2. The lowest BCUT2D eigenvalue weighted by molar-refractivity contribution is 0.112. The average molecular weight is 217 g/mol. The Labute approximate surface area is 73.7 Å². The van der Waals surface area contributed by atoms with Gasteiger partial charge < -0.3 is 4.42 Å². The van der Waals surface area contributed by atoms with Gasteiger partial charge in [0.1, 0.15) is 6.26 Å². The highest BCUT2D eigenvalue weighted by Crippen LogP contribution is 2.28. The van der Waals surface area contributed by atoms with Crippen molar-refractivity contribution in [2.75, 3.05) is 0 Å². The van der Waals surface area contributed by atoms with E-state index in [2.05, 4.69) is 15.9 Å². The maximum Gasteiger partial charge on any atom is 0.173 e. The third-order valence-corrected chi connectivity index (χ3v) is 2.13. The van der Waals surface area contributed by atoms with Gasteiger partial charge in [-0.1, -0.05) is 13.8 Å². The molecular weight excluding hydrogens is 208 g/mol. The SMILES string of the molecule is CC(C)c1c(C=O)coc1Br. The zero-order valence-corrected chi connectivity index (χ0v) is 8.01. The number of rotatable bonds is 2. The number of aldehydes is 1. The van der Waals surface area contributed by atoms with Gasteiger partial charge in [-0.25, -0.2) is 0 Å². The molecule has 0 atom stereocenters. The van der Waals surface area contributed by atoms with Crippen LogP contribution in [-0.4, -0.2) is 6.29 Å². The molecule has 1 aromatic heterocycles. The van der Waals surface area contributed by atoms with Crippen LogP contribution in [0.1, 0.15) is 35.7 Å². The van der Waals surface area contributed by atoms with Gasteiger partial charge in [0.25, 0.3) is 0 Å². The van der Waals surface area contributed by atoms with Gasteiger partial charge in [-0.05, 0) is 21.8 Å². The van der Waals surface area contributed by atoms with Crippen molar-refractivity contribution in [3.05, 3.63) is 22.1 Å². The molecule has 0 unspecified atom stereocenters. The second-order valence-corrected chi connectivity index (χ2v) is 3.37. The summed E-state index contributed by atoms with van der Waals surface area (Å²) < 4.78 is 5.69. The van der Waals surface area contributed by atoms with Crippen molar-refractivity contribution in [3.63, 3.8) is 0 Å². The second-order valence-electron chi connectivity index (χ2n) is 2.65. The van der Waals surface area contributed by atoms with Crippen LogP contribution in [0.2, 0.25) is 0 Å². The molecule has 0 aliphatic carbocycles. The lowest BCUT2D eigenvalue weighted by Gasteiger charge is -2.01. The predicted octanol–water partition coefficient (Wildman–Crippen LogP) is 2.98. The molecule has 0 saturated carbocycles. The highest BCUT2D eigenvalue weighted by Gasteiger charge is 2.13. The van der Waals surface area contributed by atoms with Gasteiger partial charge >= 0.3 is 0 Å². The highest BCUT2D eigenvalue weighted by atomic mass is 79.9. The monoisotopic (exact) mass is 216 g/mol. The van der Waals surface area contributed by atoms with Crippen LogP contribution >= 0.6 is 15.9 Å². The number of carbonyl (C=O) groups excluding carboxylic acids is 1. The Kier molecular flexibility index (Phi) is 2.49. The molecule has 0 bridgehead atoms. The van der Waals surface area contributed by atoms with E-state index in [1.165, 1.54) is 6.26 Å². The Morgan fingerprint density at radius 2 is 2.27 bits per heavy atom. The third-order valence-electron chi connectivity index (χ3n) is 1.52. The second kappa shape index (κ2) is 3.22. The summed E-state index contributed by atoms with van der Waals surface area (Å²) in [6, 6.07) is 0. The number of halogens is 1. The normalized spacial score (nSPS) is 10.5. The maximum absolute atomic E-state index is 10.5. The van der Waals surface area contributed by atoms with Crippen molar-refractivity contribution in [1.29, 1.82) is 0 Å². The predicted molar refractivity (Wildman–Crippen MR) is 45.9 cm³/mol. The molecule has 1 heterocycles. The number of hydrogen-bond donors (Lipinski definition) is 0. The fourth-order valence-electron chi connectivity index (χ4n) is 1.01. The Bertz CT molecular complexity index is 263. The molecule has 0 N–H and O–H groups in total. The molecule has 0 aromatic carbocycles. The van der Waals surface area contributed by atoms with E-state index in [0.29, 0.717) is 16.2 Å². The van der Waals surface area contributed by atoms with Crippen LogP contribution in [0.3, 0.4) is 0 Å². The Morgan fingerprint density at radius 3 is 2.64 bits per heavy atom. The Hall–Kier alpha value is -0.570. The van der Waals surface area contributed by atoms with Crippen LogP contribution in [0, 0.1) is 0 Å². The minimum atomic E-state index is 0.309. The largest absolute Gasteiger partial charge is 0.457 e. The standard InChI is InChI=1S/C8H9BrO2/c1-5(2)7-6(3-10)4-11-8(7)9/h3-5H,1-2H3. The van der Waals surface area contributed by atoms with E-state index in [1.807, 2.05) is 13.8 Å². The minimum absolute atomic E-state index is 0.309. The molecule has 0 saturated heterocycles. The molecule has 1 aromatic rings. The van der Waals surface area contributed by atoms with Gasteiger partial charge in [-0.2, -0.15) is 0 Å². The first-order valence-corrected chi connectivity index (χ1v) is 4.18. The lowest BCUT2D eigenvalue weighted by atomic mass is 10.0. The molecule has 1 rings (SSSR count). The van der Waals surface area contributed by atoms with E-state index >= 15 is 0 Å². The molecule has 3 heteroatoms. The van der Waals surface area contributed by atoms with E-state index in [1.54, 1.807) is 0 Å².